The average Bonchev–Trinajstić information content (AvgIpc) is 2.83. The lowest BCUT2D eigenvalue weighted by molar-refractivity contribution is 0.0688. The van der Waals surface area contributed by atoms with E-state index >= 15 is 0 Å². The Balaban J connectivity index is 2.51. The first-order chi connectivity index (χ1) is 9.17. The molecule has 2 rings (SSSR count). The van der Waals surface area contributed by atoms with Crippen molar-refractivity contribution in [2.75, 3.05) is 6.61 Å². The first-order valence-electron chi connectivity index (χ1n) is 6.18. The molecule has 0 aliphatic heterocycles. The van der Waals surface area contributed by atoms with Crippen LogP contribution in [0.15, 0.2) is 30.5 Å². The first-order valence-corrected chi connectivity index (χ1v) is 6.18. The van der Waals surface area contributed by atoms with E-state index in [0.717, 1.165) is 17.7 Å². The Morgan fingerprint density at radius 2 is 2.05 bits per heavy atom. The van der Waals surface area contributed by atoms with Crippen molar-refractivity contribution in [3.05, 3.63) is 47.3 Å². The fourth-order valence-electron chi connectivity index (χ4n) is 2.05. The van der Waals surface area contributed by atoms with E-state index in [9.17, 15) is 4.79 Å². The Bertz CT molecular complexity index is 590. The number of aliphatic hydroxyl groups is 1. The molecule has 0 amide bonds. The maximum absolute atomic E-state index is 11.1. The molecule has 1 heterocycles. The van der Waals surface area contributed by atoms with Crippen molar-refractivity contribution in [3.8, 4) is 5.69 Å². The Morgan fingerprint density at radius 3 is 2.68 bits per heavy atom. The van der Waals surface area contributed by atoms with Gasteiger partial charge in [0, 0.05) is 18.4 Å². The van der Waals surface area contributed by atoms with Gasteiger partial charge in [-0.25, -0.2) is 9.48 Å². The van der Waals surface area contributed by atoms with Gasteiger partial charge >= 0.3 is 5.97 Å². The van der Waals surface area contributed by atoms with Gasteiger partial charge in [-0.15, -0.1) is 0 Å². The molecule has 0 fully saturated rings. The number of aryl methyl sites for hydroxylation is 1. The highest BCUT2D eigenvalue weighted by molar-refractivity contribution is 5.87. The van der Waals surface area contributed by atoms with Crippen LogP contribution < -0.4 is 0 Å². The zero-order valence-electron chi connectivity index (χ0n) is 10.7. The van der Waals surface area contributed by atoms with E-state index in [1.807, 2.05) is 31.2 Å². The molecular formula is C14H16N2O3. The van der Waals surface area contributed by atoms with E-state index in [2.05, 4.69) is 5.10 Å². The van der Waals surface area contributed by atoms with Crippen molar-refractivity contribution in [1.29, 1.82) is 0 Å². The summed E-state index contributed by atoms with van der Waals surface area (Å²) in [6.07, 6.45) is 2.80. The van der Waals surface area contributed by atoms with Crippen LogP contribution in [-0.4, -0.2) is 32.6 Å². The monoisotopic (exact) mass is 260 g/mol. The Morgan fingerprint density at radius 1 is 1.32 bits per heavy atom. The highest BCUT2D eigenvalue weighted by Gasteiger charge is 2.16. The highest BCUT2D eigenvalue weighted by Crippen LogP contribution is 2.17. The maximum atomic E-state index is 11.1. The minimum atomic E-state index is -1.07. The number of benzene rings is 1. The molecule has 0 saturated heterocycles. The second-order valence-electron chi connectivity index (χ2n) is 4.21. The van der Waals surface area contributed by atoms with Crippen LogP contribution in [0.3, 0.4) is 0 Å². The summed E-state index contributed by atoms with van der Waals surface area (Å²) in [4.78, 5) is 11.1. The smallest absolute Gasteiger partial charge is 0.356 e. The molecule has 5 heteroatoms. The Labute approximate surface area is 111 Å². The highest BCUT2D eigenvalue weighted by atomic mass is 16.4. The standard InChI is InChI=1S/C14H16N2O3/c1-2-10-5-3-4-6-12(10)16-9-11(7-8-17)13(15-16)14(18)19/h3-6,9,17H,2,7-8H2,1H3,(H,18,19). The topological polar surface area (TPSA) is 75.4 Å². The van der Waals surface area contributed by atoms with Gasteiger partial charge in [0.25, 0.3) is 0 Å². The second kappa shape index (κ2) is 5.67. The molecule has 0 saturated carbocycles. The van der Waals surface area contributed by atoms with E-state index in [4.69, 9.17) is 10.2 Å². The van der Waals surface area contributed by atoms with Crippen LogP contribution >= 0.6 is 0 Å². The molecule has 5 nitrogen and oxygen atoms in total. The van der Waals surface area contributed by atoms with Crippen molar-refractivity contribution >= 4 is 5.97 Å². The Kier molecular flexibility index (Phi) is 3.97. The van der Waals surface area contributed by atoms with Gasteiger partial charge in [0.15, 0.2) is 5.69 Å². The third kappa shape index (κ3) is 2.66. The third-order valence-electron chi connectivity index (χ3n) is 2.99. The van der Waals surface area contributed by atoms with Crippen LogP contribution in [0, 0.1) is 0 Å². The van der Waals surface area contributed by atoms with Crippen LogP contribution in [0.4, 0.5) is 0 Å². The number of carbonyl (C=O) groups is 1. The quantitative estimate of drug-likeness (QED) is 0.857. The van der Waals surface area contributed by atoms with Crippen LogP contribution in [0.1, 0.15) is 28.5 Å². The minimum Gasteiger partial charge on any atom is -0.476 e. The van der Waals surface area contributed by atoms with Gasteiger partial charge in [-0.1, -0.05) is 25.1 Å². The maximum Gasteiger partial charge on any atom is 0.356 e. The van der Waals surface area contributed by atoms with Gasteiger partial charge in [-0.2, -0.15) is 5.10 Å². The number of carboxylic acid groups (broad SMARTS) is 1. The van der Waals surface area contributed by atoms with E-state index in [1.165, 1.54) is 0 Å². The van der Waals surface area contributed by atoms with Crippen molar-refractivity contribution in [2.45, 2.75) is 19.8 Å². The molecule has 100 valence electrons. The lowest BCUT2D eigenvalue weighted by atomic mass is 10.1. The van der Waals surface area contributed by atoms with Gasteiger partial charge in [-0.05, 0) is 24.5 Å². The number of para-hydroxylation sites is 1. The molecule has 0 radical (unpaired) electrons. The van der Waals surface area contributed by atoms with Crippen molar-refractivity contribution in [3.63, 3.8) is 0 Å². The SMILES string of the molecule is CCc1ccccc1-n1cc(CCO)c(C(=O)O)n1. The molecule has 2 aromatic rings. The summed E-state index contributed by atoms with van der Waals surface area (Å²) in [6.45, 7) is 1.94. The van der Waals surface area contributed by atoms with E-state index in [0.29, 0.717) is 5.56 Å². The number of hydrogen-bond donors (Lipinski definition) is 2. The molecule has 0 aliphatic rings. The number of aliphatic hydroxyl groups excluding tert-OH is 1. The summed E-state index contributed by atoms with van der Waals surface area (Å²) in [7, 11) is 0. The average molecular weight is 260 g/mol. The van der Waals surface area contributed by atoms with Gasteiger partial charge in [0.1, 0.15) is 0 Å². The van der Waals surface area contributed by atoms with Crippen molar-refractivity contribution in [2.24, 2.45) is 0 Å². The first kappa shape index (κ1) is 13.3. The summed E-state index contributed by atoms with van der Waals surface area (Å²) >= 11 is 0. The summed E-state index contributed by atoms with van der Waals surface area (Å²) in [6, 6.07) is 7.73. The van der Waals surface area contributed by atoms with Crippen LogP contribution in [0.2, 0.25) is 0 Å². The molecule has 0 aliphatic carbocycles. The molecule has 2 N–H and O–H groups in total. The van der Waals surface area contributed by atoms with Gasteiger partial charge in [-0.3, -0.25) is 0 Å². The summed E-state index contributed by atoms with van der Waals surface area (Å²) in [5, 5.41) is 22.2. The Hall–Kier alpha value is -2.14. The van der Waals surface area contributed by atoms with Crippen molar-refractivity contribution < 1.29 is 15.0 Å². The van der Waals surface area contributed by atoms with Gasteiger partial charge < -0.3 is 10.2 Å². The molecule has 1 aromatic heterocycles. The van der Waals surface area contributed by atoms with Crippen LogP contribution in [0.5, 0.6) is 0 Å². The normalized spacial score (nSPS) is 10.6. The number of hydrogen-bond acceptors (Lipinski definition) is 3. The number of aromatic nitrogens is 2. The number of rotatable bonds is 5. The van der Waals surface area contributed by atoms with E-state index < -0.39 is 5.97 Å². The van der Waals surface area contributed by atoms with Crippen LogP contribution in [-0.2, 0) is 12.8 Å². The zero-order chi connectivity index (χ0) is 13.8. The molecule has 0 bridgehead atoms. The lowest BCUT2D eigenvalue weighted by Gasteiger charge is -2.06. The molecule has 0 spiro atoms. The fourth-order valence-corrected chi connectivity index (χ4v) is 2.05. The molecule has 1 aromatic carbocycles. The molecule has 0 atom stereocenters. The zero-order valence-corrected chi connectivity index (χ0v) is 10.7. The third-order valence-corrected chi connectivity index (χ3v) is 2.99. The fraction of sp³-hybridized carbons (Fsp3) is 0.286. The van der Waals surface area contributed by atoms with E-state index in [-0.39, 0.29) is 18.7 Å². The summed E-state index contributed by atoms with van der Waals surface area (Å²) < 4.78 is 1.58. The lowest BCUT2D eigenvalue weighted by Crippen LogP contribution is -2.04. The molecular weight excluding hydrogens is 244 g/mol. The number of aromatic carboxylic acids is 1. The minimum absolute atomic E-state index is 0.0000406. The van der Waals surface area contributed by atoms with Gasteiger partial charge in [0.2, 0.25) is 0 Å². The van der Waals surface area contributed by atoms with E-state index in [1.54, 1.807) is 10.9 Å². The molecule has 19 heavy (non-hydrogen) atoms. The number of carboxylic acids is 1. The number of nitrogens with zero attached hydrogens (tertiary/aromatic N) is 2. The predicted molar refractivity (Wildman–Crippen MR) is 70.7 cm³/mol. The summed E-state index contributed by atoms with van der Waals surface area (Å²) in [5.41, 5.74) is 2.51. The van der Waals surface area contributed by atoms with Crippen LogP contribution in [0.25, 0.3) is 5.69 Å². The summed E-state index contributed by atoms with van der Waals surface area (Å²) in [5.74, 6) is -1.07. The van der Waals surface area contributed by atoms with Gasteiger partial charge in [0.05, 0.1) is 5.69 Å². The predicted octanol–water partition coefficient (Wildman–Crippen LogP) is 1.67. The largest absolute Gasteiger partial charge is 0.476 e. The van der Waals surface area contributed by atoms with Crippen molar-refractivity contribution in [1.82, 2.24) is 9.78 Å². The second-order valence-corrected chi connectivity index (χ2v) is 4.21. The molecule has 0 unspecified atom stereocenters.